The van der Waals surface area contributed by atoms with Crippen molar-refractivity contribution in [1.82, 2.24) is 9.55 Å². The summed E-state index contributed by atoms with van der Waals surface area (Å²) in [5, 5.41) is 18.7. The predicted octanol–water partition coefficient (Wildman–Crippen LogP) is -0.712. The van der Waals surface area contributed by atoms with Crippen molar-refractivity contribution in [3.05, 3.63) is 51.9 Å². The third-order valence-corrected chi connectivity index (χ3v) is 2.95. The van der Waals surface area contributed by atoms with Gasteiger partial charge in [0, 0.05) is 11.8 Å². The van der Waals surface area contributed by atoms with Crippen LogP contribution in [0.2, 0.25) is 0 Å². The van der Waals surface area contributed by atoms with Gasteiger partial charge < -0.3 is 14.8 Å². The minimum absolute atomic E-state index is 0.156. The molecule has 1 aromatic heterocycles. The molecule has 7 heteroatoms. The second-order valence-corrected chi connectivity index (χ2v) is 4.38. The molecule has 0 bridgehead atoms. The lowest BCUT2D eigenvalue weighted by Crippen LogP contribution is -2.35. The van der Waals surface area contributed by atoms with Crippen molar-refractivity contribution in [2.45, 2.75) is 13.5 Å². The monoisotopic (exact) mass is 274 g/mol. The Morgan fingerprint density at radius 1 is 1.35 bits per heavy atom. The van der Waals surface area contributed by atoms with Crippen LogP contribution in [0.25, 0.3) is 0 Å². The van der Waals surface area contributed by atoms with E-state index in [9.17, 15) is 14.8 Å². The summed E-state index contributed by atoms with van der Waals surface area (Å²) in [7, 11) is -0.156. The Kier molecular flexibility index (Phi) is 4.21. The zero-order valence-corrected chi connectivity index (χ0v) is 11.3. The number of nitrogens with zero attached hydrogens (tertiary/aromatic N) is 2. The molecule has 0 aliphatic carbocycles. The van der Waals surface area contributed by atoms with E-state index in [2.05, 4.69) is 4.98 Å². The van der Waals surface area contributed by atoms with Crippen molar-refractivity contribution in [2.24, 2.45) is 0 Å². The Morgan fingerprint density at radius 2 is 2.05 bits per heavy atom. The van der Waals surface area contributed by atoms with Gasteiger partial charge in [-0.2, -0.15) is 0 Å². The molecule has 0 saturated heterocycles. The number of hydrogen-bond donors (Lipinski definition) is 2. The van der Waals surface area contributed by atoms with Crippen molar-refractivity contribution in [3.63, 3.8) is 0 Å². The Labute approximate surface area is 116 Å². The molecule has 104 valence electrons. The molecule has 6 nitrogen and oxygen atoms in total. The molecule has 0 aliphatic rings. The summed E-state index contributed by atoms with van der Waals surface area (Å²) < 4.78 is 6.45. The molecule has 1 aromatic carbocycles. The maximum absolute atomic E-state index is 12.0. The van der Waals surface area contributed by atoms with Gasteiger partial charge in [-0.3, -0.25) is 9.36 Å². The van der Waals surface area contributed by atoms with Gasteiger partial charge in [-0.25, -0.2) is 4.98 Å². The van der Waals surface area contributed by atoms with Crippen LogP contribution in [-0.4, -0.2) is 33.8 Å². The van der Waals surface area contributed by atoms with Crippen LogP contribution in [-0.2, 0) is 6.54 Å². The van der Waals surface area contributed by atoms with Gasteiger partial charge in [-0.05, 0) is 17.9 Å². The standard InChI is InChI=1S/C13H15BN2O4/c1-9-7-12(17)16(13(15-9)20-2)8-10-5-3-4-6-11(10)14(18)19/h3-7,18-19H,8H2,1-2H3. The van der Waals surface area contributed by atoms with E-state index in [-0.39, 0.29) is 18.1 Å². The number of benzene rings is 1. The molecule has 0 aliphatic heterocycles. The van der Waals surface area contributed by atoms with Crippen LogP contribution in [0.4, 0.5) is 0 Å². The van der Waals surface area contributed by atoms with Gasteiger partial charge in [0.1, 0.15) is 0 Å². The molecule has 0 spiro atoms. The maximum Gasteiger partial charge on any atom is 0.488 e. The van der Waals surface area contributed by atoms with E-state index in [4.69, 9.17) is 4.74 Å². The molecule has 0 fully saturated rings. The van der Waals surface area contributed by atoms with Crippen LogP contribution < -0.4 is 15.8 Å². The number of aromatic nitrogens is 2. The fourth-order valence-corrected chi connectivity index (χ4v) is 2.00. The quantitative estimate of drug-likeness (QED) is 0.719. The Bertz CT molecular complexity index is 670. The summed E-state index contributed by atoms with van der Waals surface area (Å²) in [6.45, 7) is 1.86. The number of methoxy groups -OCH3 is 1. The van der Waals surface area contributed by atoms with Gasteiger partial charge >= 0.3 is 7.12 Å². The third-order valence-electron chi connectivity index (χ3n) is 2.95. The van der Waals surface area contributed by atoms with Gasteiger partial charge in [0.2, 0.25) is 0 Å². The molecule has 0 atom stereocenters. The SMILES string of the molecule is COc1nc(C)cc(=O)n1Cc1ccccc1B(O)O. The van der Waals surface area contributed by atoms with Crippen molar-refractivity contribution in [2.75, 3.05) is 7.11 Å². The smallest absolute Gasteiger partial charge is 0.468 e. The normalized spacial score (nSPS) is 10.4. The predicted molar refractivity (Wildman–Crippen MR) is 75.2 cm³/mol. The van der Waals surface area contributed by atoms with Gasteiger partial charge in [0.05, 0.1) is 13.7 Å². The molecule has 0 amide bonds. The first-order valence-electron chi connectivity index (χ1n) is 6.09. The molecule has 0 unspecified atom stereocenters. The summed E-state index contributed by atoms with van der Waals surface area (Å²) in [6.07, 6.45) is 0. The van der Waals surface area contributed by atoms with Crippen molar-refractivity contribution in [3.8, 4) is 6.01 Å². The molecule has 2 N–H and O–H groups in total. The van der Waals surface area contributed by atoms with E-state index < -0.39 is 7.12 Å². The highest BCUT2D eigenvalue weighted by atomic mass is 16.5. The topological polar surface area (TPSA) is 84.6 Å². The van der Waals surface area contributed by atoms with E-state index in [0.29, 0.717) is 16.7 Å². The number of rotatable bonds is 4. The van der Waals surface area contributed by atoms with E-state index in [1.807, 2.05) is 0 Å². The van der Waals surface area contributed by atoms with Crippen LogP contribution in [0.3, 0.4) is 0 Å². The van der Waals surface area contributed by atoms with Crippen LogP contribution in [0.15, 0.2) is 35.1 Å². The second-order valence-electron chi connectivity index (χ2n) is 4.38. The molecular formula is C13H15BN2O4. The Balaban J connectivity index is 2.48. The van der Waals surface area contributed by atoms with Crippen molar-refractivity contribution >= 4 is 12.6 Å². The minimum Gasteiger partial charge on any atom is -0.468 e. The van der Waals surface area contributed by atoms with E-state index in [1.54, 1.807) is 31.2 Å². The van der Waals surface area contributed by atoms with Crippen molar-refractivity contribution in [1.29, 1.82) is 0 Å². The lowest BCUT2D eigenvalue weighted by molar-refractivity contribution is 0.349. The largest absolute Gasteiger partial charge is 0.488 e. The zero-order valence-electron chi connectivity index (χ0n) is 11.3. The fourth-order valence-electron chi connectivity index (χ4n) is 2.00. The summed E-state index contributed by atoms with van der Waals surface area (Å²) in [6, 6.07) is 8.38. The van der Waals surface area contributed by atoms with Crippen LogP contribution in [0.1, 0.15) is 11.3 Å². The summed E-state index contributed by atoms with van der Waals surface area (Å²) in [5.41, 5.74) is 1.28. The van der Waals surface area contributed by atoms with E-state index in [1.165, 1.54) is 17.7 Å². The van der Waals surface area contributed by atoms with Crippen LogP contribution in [0.5, 0.6) is 6.01 Å². The average molecular weight is 274 g/mol. The number of aryl methyl sites for hydroxylation is 1. The lowest BCUT2D eigenvalue weighted by Gasteiger charge is -2.13. The van der Waals surface area contributed by atoms with Crippen LogP contribution >= 0.6 is 0 Å². The maximum atomic E-state index is 12.0. The minimum atomic E-state index is -1.59. The third kappa shape index (κ3) is 2.89. The van der Waals surface area contributed by atoms with Crippen molar-refractivity contribution < 1.29 is 14.8 Å². The molecular weight excluding hydrogens is 259 g/mol. The first kappa shape index (κ1) is 14.3. The summed E-state index contributed by atoms with van der Waals surface area (Å²) >= 11 is 0. The molecule has 0 radical (unpaired) electrons. The van der Waals surface area contributed by atoms with E-state index >= 15 is 0 Å². The molecule has 2 aromatic rings. The molecule has 1 heterocycles. The van der Waals surface area contributed by atoms with Crippen LogP contribution in [0, 0.1) is 6.92 Å². The Morgan fingerprint density at radius 3 is 2.70 bits per heavy atom. The fraction of sp³-hybridized carbons (Fsp3) is 0.231. The second kappa shape index (κ2) is 5.89. The highest BCUT2D eigenvalue weighted by molar-refractivity contribution is 6.59. The lowest BCUT2D eigenvalue weighted by atomic mass is 9.77. The van der Waals surface area contributed by atoms with Gasteiger partial charge in [-0.15, -0.1) is 0 Å². The van der Waals surface area contributed by atoms with Gasteiger partial charge in [-0.1, -0.05) is 24.3 Å². The first-order valence-corrected chi connectivity index (χ1v) is 6.09. The zero-order chi connectivity index (χ0) is 14.7. The molecule has 2 rings (SSSR count). The Hall–Kier alpha value is -2.12. The average Bonchev–Trinajstić information content (AvgIpc) is 2.41. The molecule has 0 saturated carbocycles. The van der Waals surface area contributed by atoms with Gasteiger partial charge in [0.25, 0.3) is 11.6 Å². The summed E-state index contributed by atoms with van der Waals surface area (Å²) in [4.78, 5) is 16.2. The molecule has 20 heavy (non-hydrogen) atoms. The number of hydrogen-bond acceptors (Lipinski definition) is 5. The number of ether oxygens (including phenoxy) is 1. The first-order chi connectivity index (χ1) is 9.52. The highest BCUT2D eigenvalue weighted by Gasteiger charge is 2.17. The van der Waals surface area contributed by atoms with E-state index in [0.717, 1.165) is 0 Å². The highest BCUT2D eigenvalue weighted by Crippen LogP contribution is 2.08. The van der Waals surface area contributed by atoms with Gasteiger partial charge in [0.15, 0.2) is 0 Å². The summed E-state index contributed by atoms with van der Waals surface area (Å²) in [5.74, 6) is 0.